The Morgan fingerprint density at radius 3 is 2.58 bits per heavy atom. The third-order valence-electron chi connectivity index (χ3n) is 5.14. The molecule has 176 valence electrons. The molecule has 1 aromatic heterocycles. The van der Waals surface area contributed by atoms with Gasteiger partial charge in [0.25, 0.3) is 0 Å². The first kappa shape index (κ1) is 24.0. The molecule has 0 radical (unpaired) electrons. The van der Waals surface area contributed by atoms with E-state index in [1.165, 1.54) is 34.1 Å². The highest BCUT2D eigenvalue weighted by Gasteiger charge is 2.37. The van der Waals surface area contributed by atoms with Crippen molar-refractivity contribution in [3.8, 4) is 11.5 Å². The lowest BCUT2D eigenvalue weighted by molar-refractivity contribution is -0.141. The van der Waals surface area contributed by atoms with E-state index in [0.717, 1.165) is 0 Å². The molecule has 2 heterocycles. The first-order valence-electron chi connectivity index (χ1n) is 10.0. The van der Waals surface area contributed by atoms with Crippen LogP contribution in [-0.4, -0.2) is 78.8 Å². The number of ether oxygens (including phenoxy) is 1. The molecular formula is C19H24BN5O8. The monoisotopic (exact) mass is 461 g/mol. The standard InChI is InChI=1S/C19H24BN5O8/c21-14(26)8-24-7-12(23-9-24)16(22)18(28)25-5-11(6-25)33-13-2-1-10(3-4-20(31)32)17(27)15(13)19(29)30/h1-2,7,9,11,16,27,31-32H,3-6,8,22H2,(H2,21,26)(H,29,30). The van der Waals surface area contributed by atoms with Gasteiger partial charge in [0.15, 0.2) is 0 Å². The molecule has 14 heteroatoms. The number of hydrogen-bond donors (Lipinski definition) is 6. The topological polar surface area (TPSA) is 214 Å². The van der Waals surface area contributed by atoms with Gasteiger partial charge in [-0.3, -0.25) is 9.59 Å². The van der Waals surface area contributed by atoms with Crippen LogP contribution >= 0.6 is 0 Å². The molecule has 0 bridgehead atoms. The van der Waals surface area contributed by atoms with Crippen molar-refractivity contribution in [3.05, 3.63) is 41.5 Å². The minimum Gasteiger partial charge on any atom is -0.507 e. The van der Waals surface area contributed by atoms with Crippen LogP contribution in [-0.2, 0) is 22.6 Å². The second-order valence-corrected chi connectivity index (χ2v) is 7.67. The Balaban J connectivity index is 1.61. The van der Waals surface area contributed by atoms with Crippen LogP contribution in [0.3, 0.4) is 0 Å². The highest BCUT2D eigenvalue weighted by atomic mass is 16.5. The zero-order chi connectivity index (χ0) is 24.3. The first-order valence-corrected chi connectivity index (χ1v) is 10.0. The predicted molar refractivity (Wildman–Crippen MR) is 113 cm³/mol. The van der Waals surface area contributed by atoms with Gasteiger partial charge in [-0.05, 0) is 24.4 Å². The number of amides is 2. The second-order valence-electron chi connectivity index (χ2n) is 7.67. The Bertz CT molecular complexity index is 1050. The minimum atomic E-state index is -1.59. The number of nitrogens with two attached hydrogens (primary N) is 2. The molecule has 0 aliphatic carbocycles. The molecular weight excluding hydrogens is 437 g/mol. The van der Waals surface area contributed by atoms with Crippen LogP contribution in [0, 0.1) is 0 Å². The molecule has 3 rings (SSSR count). The molecule has 33 heavy (non-hydrogen) atoms. The summed E-state index contributed by atoms with van der Waals surface area (Å²) in [7, 11) is -1.59. The van der Waals surface area contributed by atoms with E-state index < -0.39 is 48.4 Å². The van der Waals surface area contributed by atoms with Gasteiger partial charge in [0.1, 0.15) is 35.8 Å². The molecule has 2 aromatic rings. The van der Waals surface area contributed by atoms with Crippen LogP contribution in [0.2, 0.25) is 6.32 Å². The number of aromatic nitrogens is 2. The van der Waals surface area contributed by atoms with Crippen LogP contribution in [0.1, 0.15) is 27.7 Å². The number of carboxylic acid groups (broad SMARTS) is 1. The fourth-order valence-electron chi connectivity index (χ4n) is 3.41. The number of imidazole rings is 1. The Morgan fingerprint density at radius 2 is 1.97 bits per heavy atom. The molecule has 1 aromatic carbocycles. The number of carbonyl (C=O) groups is 3. The third-order valence-corrected chi connectivity index (χ3v) is 5.14. The Morgan fingerprint density at radius 1 is 1.27 bits per heavy atom. The number of aromatic hydroxyl groups is 1. The Kier molecular flexibility index (Phi) is 7.21. The van der Waals surface area contributed by atoms with E-state index in [-0.39, 0.29) is 49.4 Å². The van der Waals surface area contributed by atoms with Crippen molar-refractivity contribution in [2.75, 3.05) is 13.1 Å². The van der Waals surface area contributed by atoms with Gasteiger partial charge in [-0.2, -0.15) is 0 Å². The molecule has 1 atom stereocenters. The van der Waals surface area contributed by atoms with Crippen molar-refractivity contribution in [2.24, 2.45) is 11.5 Å². The van der Waals surface area contributed by atoms with Gasteiger partial charge in [-0.15, -0.1) is 0 Å². The molecule has 0 spiro atoms. The fourth-order valence-corrected chi connectivity index (χ4v) is 3.41. The number of aryl methyl sites for hydroxylation is 1. The average Bonchev–Trinajstić information content (AvgIpc) is 3.15. The maximum Gasteiger partial charge on any atom is 0.451 e. The second kappa shape index (κ2) is 9.89. The summed E-state index contributed by atoms with van der Waals surface area (Å²) < 4.78 is 7.09. The summed E-state index contributed by atoms with van der Waals surface area (Å²) in [4.78, 5) is 40.6. The van der Waals surface area contributed by atoms with E-state index in [9.17, 15) is 24.6 Å². The number of phenols is 1. The number of carbonyl (C=O) groups excluding carboxylic acids is 2. The van der Waals surface area contributed by atoms with E-state index in [2.05, 4.69) is 4.98 Å². The van der Waals surface area contributed by atoms with Gasteiger partial charge in [-0.1, -0.05) is 6.07 Å². The molecule has 1 aliphatic rings. The van der Waals surface area contributed by atoms with Crippen molar-refractivity contribution in [2.45, 2.75) is 31.4 Å². The quantitative estimate of drug-likeness (QED) is 0.216. The van der Waals surface area contributed by atoms with Crippen molar-refractivity contribution >= 4 is 24.9 Å². The van der Waals surface area contributed by atoms with Crippen LogP contribution in [0.5, 0.6) is 11.5 Å². The van der Waals surface area contributed by atoms with Crippen molar-refractivity contribution < 1.29 is 39.4 Å². The summed E-state index contributed by atoms with van der Waals surface area (Å²) in [6.07, 6.45) is 2.27. The molecule has 1 fully saturated rings. The van der Waals surface area contributed by atoms with Crippen LogP contribution in [0.4, 0.5) is 0 Å². The van der Waals surface area contributed by atoms with Crippen LogP contribution in [0.25, 0.3) is 0 Å². The van der Waals surface area contributed by atoms with Gasteiger partial charge < -0.3 is 45.9 Å². The maximum atomic E-state index is 12.6. The number of rotatable bonds is 10. The Hall–Kier alpha value is -3.62. The van der Waals surface area contributed by atoms with Crippen molar-refractivity contribution in [3.63, 3.8) is 0 Å². The summed E-state index contributed by atoms with van der Waals surface area (Å²) in [6.45, 7) is 0.200. The molecule has 1 aliphatic heterocycles. The number of benzene rings is 1. The zero-order valence-corrected chi connectivity index (χ0v) is 17.5. The minimum absolute atomic E-state index is 0.0584. The fraction of sp³-hybridized carbons (Fsp3) is 0.368. The summed E-state index contributed by atoms with van der Waals surface area (Å²) in [5, 5.41) is 37.8. The van der Waals surface area contributed by atoms with Gasteiger partial charge in [0.05, 0.1) is 25.1 Å². The Labute approximate surface area is 188 Å². The summed E-state index contributed by atoms with van der Waals surface area (Å²) >= 11 is 0. The average molecular weight is 461 g/mol. The van der Waals surface area contributed by atoms with Gasteiger partial charge in [0.2, 0.25) is 11.8 Å². The lowest BCUT2D eigenvalue weighted by Crippen LogP contribution is -2.58. The van der Waals surface area contributed by atoms with Crippen LogP contribution < -0.4 is 16.2 Å². The number of carboxylic acids is 1. The van der Waals surface area contributed by atoms with Crippen molar-refractivity contribution in [1.82, 2.24) is 14.5 Å². The number of nitrogens with zero attached hydrogens (tertiary/aromatic N) is 3. The number of likely N-dealkylation sites (tertiary alicyclic amines) is 1. The van der Waals surface area contributed by atoms with Gasteiger partial charge in [-0.25, -0.2) is 9.78 Å². The van der Waals surface area contributed by atoms with E-state index in [1.54, 1.807) is 0 Å². The normalized spacial score (nSPS) is 14.5. The molecule has 1 unspecified atom stereocenters. The first-order chi connectivity index (χ1) is 15.6. The SMILES string of the molecule is NC(=O)Cn1cnc(C(N)C(=O)N2CC(Oc3ccc(CCB(O)O)c(O)c3C(=O)O)C2)c1. The van der Waals surface area contributed by atoms with E-state index in [4.69, 9.17) is 26.3 Å². The third kappa shape index (κ3) is 5.60. The van der Waals surface area contributed by atoms with E-state index in [0.29, 0.717) is 0 Å². The summed E-state index contributed by atoms with van der Waals surface area (Å²) in [5.41, 5.74) is 11.2. The number of aromatic carboxylic acids is 1. The smallest absolute Gasteiger partial charge is 0.451 e. The zero-order valence-electron chi connectivity index (χ0n) is 17.5. The lowest BCUT2D eigenvalue weighted by Gasteiger charge is -2.40. The van der Waals surface area contributed by atoms with E-state index in [1.807, 2.05) is 0 Å². The molecule has 8 N–H and O–H groups in total. The number of primary amides is 1. The molecule has 13 nitrogen and oxygen atoms in total. The highest BCUT2D eigenvalue weighted by Crippen LogP contribution is 2.34. The molecule has 2 amide bonds. The lowest BCUT2D eigenvalue weighted by atomic mass is 9.82. The number of hydrogen-bond acceptors (Lipinski definition) is 9. The maximum absolute atomic E-state index is 12.6. The van der Waals surface area contributed by atoms with Gasteiger partial charge >= 0.3 is 13.1 Å². The van der Waals surface area contributed by atoms with Crippen LogP contribution in [0.15, 0.2) is 24.7 Å². The summed E-state index contributed by atoms with van der Waals surface area (Å²) in [5.74, 6) is -2.97. The highest BCUT2D eigenvalue weighted by molar-refractivity contribution is 6.41. The summed E-state index contributed by atoms with van der Waals surface area (Å²) in [6, 6.07) is 1.77. The van der Waals surface area contributed by atoms with Gasteiger partial charge in [0, 0.05) is 6.20 Å². The molecule has 1 saturated heterocycles. The largest absolute Gasteiger partial charge is 0.507 e. The van der Waals surface area contributed by atoms with E-state index >= 15 is 0 Å². The molecule has 0 saturated carbocycles. The van der Waals surface area contributed by atoms with Crippen molar-refractivity contribution in [1.29, 1.82) is 0 Å². The predicted octanol–water partition coefficient (Wildman–Crippen LogP) is -1.92.